The SMILES string of the molecule is CCCCC(=O)N[C@H](C(=O)NCc1ccc(N=C(N)N)cc1)c1ccc(OCc2ccccc2)cc1. The van der Waals surface area contributed by atoms with Gasteiger partial charge in [-0.15, -0.1) is 0 Å². The third-order valence-corrected chi connectivity index (χ3v) is 5.45. The minimum Gasteiger partial charge on any atom is -0.489 e. The summed E-state index contributed by atoms with van der Waals surface area (Å²) < 4.78 is 5.85. The average Bonchev–Trinajstić information content (AvgIpc) is 2.89. The molecule has 0 spiro atoms. The van der Waals surface area contributed by atoms with Gasteiger partial charge >= 0.3 is 0 Å². The van der Waals surface area contributed by atoms with Crippen molar-refractivity contribution in [2.75, 3.05) is 0 Å². The van der Waals surface area contributed by atoms with Crippen LogP contribution in [0.2, 0.25) is 0 Å². The molecule has 8 nitrogen and oxygen atoms in total. The lowest BCUT2D eigenvalue weighted by atomic mass is 10.0. The molecule has 2 amide bonds. The highest BCUT2D eigenvalue weighted by molar-refractivity contribution is 5.88. The van der Waals surface area contributed by atoms with Gasteiger partial charge in [0.1, 0.15) is 18.4 Å². The van der Waals surface area contributed by atoms with Crippen molar-refractivity contribution in [3.63, 3.8) is 0 Å². The molecular formula is C28H33N5O3. The lowest BCUT2D eigenvalue weighted by Gasteiger charge is -2.19. The summed E-state index contributed by atoms with van der Waals surface area (Å²) in [6, 6.07) is 23.4. The molecular weight excluding hydrogens is 454 g/mol. The maximum absolute atomic E-state index is 13.1. The first-order valence-electron chi connectivity index (χ1n) is 12.0. The van der Waals surface area contributed by atoms with E-state index in [2.05, 4.69) is 15.6 Å². The molecule has 3 aromatic rings. The van der Waals surface area contributed by atoms with Gasteiger partial charge in [0.2, 0.25) is 11.8 Å². The van der Waals surface area contributed by atoms with Gasteiger partial charge in [0.25, 0.3) is 0 Å². The Balaban J connectivity index is 1.66. The van der Waals surface area contributed by atoms with E-state index >= 15 is 0 Å². The van der Waals surface area contributed by atoms with Crippen molar-refractivity contribution in [2.24, 2.45) is 16.5 Å². The first-order chi connectivity index (χ1) is 17.4. The third-order valence-electron chi connectivity index (χ3n) is 5.45. The summed E-state index contributed by atoms with van der Waals surface area (Å²) in [7, 11) is 0. The summed E-state index contributed by atoms with van der Waals surface area (Å²) in [6.07, 6.45) is 2.02. The molecule has 0 fully saturated rings. The lowest BCUT2D eigenvalue weighted by Crippen LogP contribution is -2.40. The van der Waals surface area contributed by atoms with Crippen LogP contribution >= 0.6 is 0 Å². The second kappa shape index (κ2) is 13.5. The minimum atomic E-state index is -0.821. The van der Waals surface area contributed by atoms with Crippen LogP contribution in [0, 0.1) is 0 Å². The van der Waals surface area contributed by atoms with Crippen LogP contribution < -0.4 is 26.8 Å². The molecule has 0 bridgehead atoms. The lowest BCUT2D eigenvalue weighted by molar-refractivity contribution is -0.129. The van der Waals surface area contributed by atoms with Crippen molar-refractivity contribution < 1.29 is 14.3 Å². The Morgan fingerprint density at radius 2 is 1.61 bits per heavy atom. The summed E-state index contributed by atoms with van der Waals surface area (Å²) in [6.45, 7) is 2.75. The molecule has 0 aromatic heterocycles. The first kappa shape index (κ1) is 26.3. The molecule has 0 unspecified atom stereocenters. The van der Waals surface area contributed by atoms with E-state index in [1.807, 2.05) is 49.4 Å². The Hall–Kier alpha value is -4.33. The molecule has 3 rings (SSSR count). The fourth-order valence-corrected chi connectivity index (χ4v) is 3.50. The molecule has 0 aliphatic rings. The summed E-state index contributed by atoms with van der Waals surface area (Å²) in [5, 5.41) is 5.79. The molecule has 1 atom stereocenters. The predicted octanol–water partition coefficient (Wildman–Crippen LogP) is 3.83. The number of carbonyl (C=O) groups excluding carboxylic acids is 2. The van der Waals surface area contributed by atoms with Crippen LogP contribution in [0.4, 0.5) is 5.69 Å². The molecule has 0 saturated carbocycles. The van der Waals surface area contributed by atoms with Crippen LogP contribution in [-0.4, -0.2) is 17.8 Å². The molecule has 36 heavy (non-hydrogen) atoms. The third kappa shape index (κ3) is 8.47. The molecule has 0 radical (unpaired) electrons. The van der Waals surface area contributed by atoms with E-state index < -0.39 is 6.04 Å². The van der Waals surface area contributed by atoms with Crippen molar-refractivity contribution in [2.45, 2.75) is 45.4 Å². The van der Waals surface area contributed by atoms with Crippen LogP contribution in [0.5, 0.6) is 5.75 Å². The van der Waals surface area contributed by atoms with Gasteiger partial charge in [-0.05, 0) is 47.4 Å². The summed E-state index contributed by atoms with van der Waals surface area (Å²) in [5.41, 5.74) is 14.0. The van der Waals surface area contributed by atoms with E-state index in [0.29, 0.717) is 36.6 Å². The van der Waals surface area contributed by atoms with E-state index in [9.17, 15) is 9.59 Å². The molecule has 3 aromatic carbocycles. The van der Waals surface area contributed by atoms with E-state index in [4.69, 9.17) is 16.2 Å². The number of rotatable bonds is 12. The summed E-state index contributed by atoms with van der Waals surface area (Å²) in [4.78, 5) is 29.6. The van der Waals surface area contributed by atoms with E-state index in [1.165, 1.54) is 0 Å². The Labute approximate surface area is 211 Å². The number of unbranched alkanes of at least 4 members (excludes halogenated alkanes) is 1. The largest absolute Gasteiger partial charge is 0.489 e. The number of ether oxygens (including phenoxy) is 1. The highest BCUT2D eigenvalue weighted by atomic mass is 16.5. The second-order valence-corrected chi connectivity index (χ2v) is 8.37. The van der Waals surface area contributed by atoms with E-state index in [0.717, 1.165) is 24.0 Å². The number of hydrogen-bond donors (Lipinski definition) is 4. The number of nitrogens with one attached hydrogen (secondary N) is 2. The van der Waals surface area contributed by atoms with Crippen molar-refractivity contribution in [1.82, 2.24) is 10.6 Å². The maximum Gasteiger partial charge on any atom is 0.247 e. The topological polar surface area (TPSA) is 132 Å². The molecule has 0 aliphatic carbocycles. The van der Waals surface area contributed by atoms with Gasteiger partial charge in [0, 0.05) is 13.0 Å². The number of nitrogens with two attached hydrogens (primary N) is 2. The van der Waals surface area contributed by atoms with E-state index in [1.54, 1.807) is 36.4 Å². The van der Waals surface area contributed by atoms with Gasteiger partial charge < -0.3 is 26.8 Å². The first-order valence-corrected chi connectivity index (χ1v) is 12.0. The van der Waals surface area contributed by atoms with Crippen LogP contribution in [0.25, 0.3) is 0 Å². The van der Waals surface area contributed by atoms with Crippen molar-refractivity contribution in [3.8, 4) is 5.75 Å². The molecule has 6 N–H and O–H groups in total. The van der Waals surface area contributed by atoms with Crippen LogP contribution in [0.1, 0.15) is 48.9 Å². The second-order valence-electron chi connectivity index (χ2n) is 8.37. The summed E-state index contributed by atoms with van der Waals surface area (Å²) in [5.74, 6) is 0.197. The number of guanidine groups is 1. The fraction of sp³-hybridized carbons (Fsp3) is 0.250. The predicted molar refractivity (Wildman–Crippen MR) is 141 cm³/mol. The van der Waals surface area contributed by atoms with Gasteiger partial charge in [0.15, 0.2) is 5.96 Å². The van der Waals surface area contributed by atoms with Crippen molar-refractivity contribution in [3.05, 3.63) is 95.6 Å². The number of carbonyl (C=O) groups is 2. The molecule has 0 saturated heterocycles. The fourth-order valence-electron chi connectivity index (χ4n) is 3.50. The van der Waals surface area contributed by atoms with Gasteiger partial charge in [-0.3, -0.25) is 9.59 Å². The quantitative estimate of drug-likeness (QED) is 0.228. The van der Waals surface area contributed by atoms with Gasteiger partial charge in [-0.1, -0.05) is 67.9 Å². The zero-order chi connectivity index (χ0) is 25.8. The zero-order valence-electron chi connectivity index (χ0n) is 20.4. The van der Waals surface area contributed by atoms with Gasteiger partial charge in [-0.2, -0.15) is 0 Å². The Morgan fingerprint density at radius 3 is 2.25 bits per heavy atom. The highest BCUT2D eigenvalue weighted by Crippen LogP contribution is 2.20. The van der Waals surface area contributed by atoms with E-state index in [-0.39, 0.29) is 17.8 Å². The van der Waals surface area contributed by atoms with Gasteiger partial charge in [0.05, 0.1) is 5.69 Å². The number of benzene rings is 3. The van der Waals surface area contributed by atoms with Crippen LogP contribution in [0.3, 0.4) is 0 Å². The minimum absolute atomic E-state index is 0.0193. The maximum atomic E-state index is 13.1. The van der Waals surface area contributed by atoms with Crippen LogP contribution in [0.15, 0.2) is 83.9 Å². The Bertz CT molecular complexity index is 1140. The van der Waals surface area contributed by atoms with Crippen molar-refractivity contribution in [1.29, 1.82) is 0 Å². The van der Waals surface area contributed by atoms with Gasteiger partial charge in [-0.25, -0.2) is 4.99 Å². The number of hydrogen-bond acceptors (Lipinski definition) is 4. The molecule has 188 valence electrons. The standard InChI is InChI=1S/C28H33N5O3/c1-2-3-9-25(34)33-26(27(35)31-18-20-10-14-23(15-11-20)32-28(29)30)22-12-16-24(17-13-22)36-19-21-7-5-4-6-8-21/h4-8,10-17,26H,2-3,9,18-19H2,1H3,(H,31,35)(H,33,34)(H4,29,30,32)/t26-/m0/s1. The molecule has 0 heterocycles. The number of nitrogens with zero attached hydrogens (tertiary/aromatic N) is 1. The number of aliphatic imine (C=N–C) groups is 1. The molecule has 8 heteroatoms. The Morgan fingerprint density at radius 1 is 0.917 bits per heavy atom. The molecule has 0 aliphatic heterocycles. The summed E-state index contributed by atoms with van der Waals surface area (Å²) >= 11 is 0. The number of amides is 2. The van der Waals surface area contributed by atoms with Crippen molar-refractivity contribution >= 4 is 23.5 Å². The monoisotopic (exact) mass is 487 g/mol. The Kier molecular flexibility index (Phi) is 9.88. The van der Waals surface area contributed by atoms with Crippen LogP contribution in [-0.2, 0) is 22.7 Å². The normalized spacial score (nSPS) is 11.2. The zero-order valence-corrected chi connectivity index (χ0v) is 20.4. The smallest absolute Gasteiger partial charge is 0.247 e. The highest BCUT2D eigenvalue weighted by Gasteiger charge is 2.22. The average molecular weight is 488 g/mol.